The number of carbonyl (C=O) groups is 3. The van der Waals surface area contributed by atoms with Crippen LogP contribution in [0.25, 0.3) is 10.9 Å². The minimum absolute atomic E-state index is 0.0905. The molecule has 0 spiro atoms. The Hall–Kier alpha value is -3.81. The third-order valence-electron chi connectivity index (χ3n) is 7.72. The van der Waals surface area contributed by atoms with Gasteiger partial charge in [-0.2, -0.15) is 0 Å². The fourth-order valence-electron chi connectivity index (χ4n) is 6.16. The normalized spacial score (nSPS) is 23.0. The number of Topliss-reactive ketones (excluding diaryl/α,β-unsaturated/α-hetero) is 1. The van der Waals surface area contributed by atoms with E-state index in [0.29, 0.717) is 37.3 Å². The van der Waals surface area contributed by atoms with Crippen LogP contribution in [0.2, 0.25) is 0 Å². The van der Waals surface area contributed by atoms with E-state index in [4.69, 9.17) is 9.47 Å². The summed E-state index contributed by atoms with van der Waals surface area (Å²) < 4.78 is 11.2. The van der Waals surface area contributed by atoms with Crippen LogP contribution in [-0.2, 0) is 16.0 Å². The smallest absolute Gasteiger partial charge is 0.297 e. The maximum Gasteiger partial charge on any atom is 0.297 e. The predicted octanol–water partition coefficient (Wildman–Crippen LogP) is 3.26. The number of amides is 2. The van der Waals surface area contributed by atoms with Crippen LogP contribution >= 0.6 is 0 Å². The van der Waals surface area contributed by atoms with Crippen molar-refractivity contribution in [3.63, 3.8) is 0 Å². The summed E-state index contributed by atoms with van der Waals surface area (Å²) in [7, 11) is 3.22. The Bertz CT molecular complexity index is 1310. The van der Waals surface area contributed by atoms with Crippen molar-refractivity contribution in [3.05, 3.63) is 59.3 Å². The standard InChI is InChI=1S/C27H27N3O5/c1-34-17-12-16-10-11-29-24(23(16)22(14-17)35-2)20-8-5-9-21(26(29)32)30(20)27(33)25(31)19-13-15-6-3-4-7-18(15)28-19/h3-4,6-7,12-14,20-21,24,28H,5,8-11H2,1-2H3/t20-,21+,24?/m1/s1. The average Bonchev–Trinajstić information content (AvgIpc) is 3.33. The minimum Gasteiger partial charge on any atom is -0.497 e. The molecule has 180 valence electrons. The number of ether oxygens (including phenoxy) is 2. The Morgan fingerprint density at radius 3 is 2.66 bits per heavy atom. The molecule has 8 nitrogen and oxygen atoms in total. The fourth-order valence-corrected chi connectivity index (χ4v) is 6.16. The largest absolute Gasteiger partial charge is 0.497 e. The monoisotopic (exact) mass is 473 g/mol. The second kappa shape index (κ2) is 8.15. The van der Waals surface area contributed by atoms with E-state index in [9.17, 15) is 14.4 Å². The summed E-state index contributed by atoms with van der Waals surface area (Å²) in [6, 6.07) is 11.8. The number of carbonyl (C=O) groups excluding carboxylic acids is 3. The van der Waals surface area contributed by atoms with Gasteiger partial charge in [-0.1, -0.05) is 18.2 Å². The zero-order valence-electron chi connectivity index (χ0n) is 19.7. The number of para-hydroxylation sites is 1. The summed E-state index contributed by atoms with van der Waals surface area (Å²) in [4.78, 5) is 47.3. The number of hydrogen-bond acceptors (Lipinski definition) is 5. The fraction of sp³-hybridized carbons (Fsp3) is 0.370. The van der Waals surface area contributed by atoms with Crippen molar-refractivity contribution in [2.75, 3.05) is 20.8 Å². The molecule has 4 heterocycles. The van der Waals surface area contributed by atoms with Gasteiger partial charge < -0.3 is 24.3 Å². The molecule has 3 aliphatic rings. The number of aromatic nitrogens is 1. The number of ketones is 1. The first-order chi connectivity index (χ1) is 17.0. The summed E-state index contributed by atoms with van der Waals surface area (Å²) in [5.41, 5.74) is 3.00. The predicted molar refractivity (Wildman–Crippen MR) is 129 cm³/mol. The van der Waals surface area contributed by atoms with Gasteiger partial charge in [0, 0.05) is 29.1 Å². The number of methoxy groups -OCH3 is 2. The lowest BCUT2D eigenvalue weighted by molar-refractivity contribution is -0.164. The molecular formula is C27H27N3O5. The zero-order chi connectivity index (χ0) is 24.3. The highest BCUT2D eigenvalue weighted by Crippen LogP contribution is 2.48. The molecule has 2 aromatic carbocycles. The van der Waals surface area contributed by atoms with E-state index >= 15 is 0 Å². The number of rotatable bonds is 4. The van der Waals surface area contributed by atoms with Crippen molar-refractivity contribution < 1.29 is 23.9 Å². The van der Waals surface area contributed by atoms with E-state index in [-0.39, 0.29) is 23.7 Å². The van der Waals surface area contributed by atoms with Gasteiger partial charge in [0.05, 0.1) is 32.0 Å². The molecular weight excluding hydrogens is 446 g/mol. The number of fused-ring (bicyclic) bond motifs is 7. The number of piperazine rings is 1. The first-order valence-electron chi connectivity index (χ1n) is 12.0. The maximum absolute atomic E-state index is 13.7. The van der Waals surface area contributed by atoms with E-state index in [2.05, 4.69) is 4.98 Å². The van der Waals surface area contributed by atoms with Gasteiger partial charge in [0.1, 0.15) is 17.5 Å². The number of nitrogens with one attached hydrogen (secondary N) is 1. The molecule has 2 fully saturated rings. The Labute approximate surface area is 202 Å². The van der Waals surface area contributed by atoms with Crippen molar-refractivity contribution in [2.24, 2.45) is 0 Å². The highest BCUT2D eigenvalue weighted by Gasteiger charge is 2.54. The summed E-state index contributed by atoms with van der Waals surface area (Å²) in [6.45, 7) is 0.567. The van der Waals surface area contributed by atoms with Gasteiger partial charge in [0.2, 0.25) is 5.91 Å². The van der Waals surface area contributed by atoms with Gasteiger partial charge in [-0.3, -0.25) is 14.4 Å². The molecule has 3 aliphatic heterocycles. The lowest BCUT2D eigenvalue weighted by atomic mass is 9.78. The molecule has 2 amide bonds. The van der Waals surface area contributed by atoms with Gasteiger partial charge >= 0.3 is 0 Å². The zero-order valence-corrected chi connectivity index (χ0v) is 19.7. The Kier molecular flexibility index (Phi) is 5.05. The van der Waals surface area contributed by atoms with Crippen molar-refractivity contribution in [2.45, 2.75) is 43.8 Å². The lowest BCUT2D eigenvalue weighted by Gasteiger charge is -2.55. The van der Waals surface area contributed by atoms with Crippen molar-refractivity contribution in [1.82, 2.24) is 14.8 Å². The summed E-state index contributed by atoms with van der Waals surface area (Å²) in [5, 5.41) is 0.865. The lowest BCUT2D eigenvalue weighted by Crippen LogP contribution is -2.68. The number of piperidine rings is 1. The van der Waals surface area contributed by atoms with Gasteiger partial charge in [-0.15, -0.1) is 0 Å². The van der Waals surface area contributed by atoms with E-state index in [0.717, 1.165) is 28.5 Å². The number of benzene rings is 2. The number of aromatic amines is 1. The highest BCUT2D eigenvalue weighted by atomic mass is 16.5. The van der Waals surface area contributed by atoms with Crippen LogP contribution in [0.5, 0.6) is 11.5 Å². The molecule has 2 saturated heterocycles. The first kappa shape index (κ1) is 21.7. The average molecular weight is 474 g/mol. The van der Waals surface area contributed by atoms with E-state index in [1.807, 2.05) is 41.3 Å². The Morgan fingerprint density at radius 1 is 1.06 bits per heavy atom. The number of nitrogens with zero attached hydrogens (tertiary/aromatic N) is 2. The second-order valence-electron chi connectivity index (χ2n) is 9.45. The van der Waals surface area contributed by atoms with Crippen LogP contribution in [0.4, 0.5) is 0 Å². The molecule has 3 atom stereocenters. The minimum atomic E-state index is -0.626. The highest BCUT2D eigenvalue weighted by molar-refractivity contribution is 6.43. The van der Waals surface area contributed by atoms with Crippen LogP contribution in [0.15, 0.2) is 42.5 Å². The molecule has 2 bridgehead atoms. The van der Waals surface area contributed by atoms with Crippen molar-refractivity contribution >= 4 is 28.5 Å². The molecule has 0 aliphatic carbocycles. The summed E-state index contributed by atoms with van der Waals surface area (Å²) >= 11 is 0. The van der Waals surface area contributed by atoms with Gasteiger partial charge in [0.15, 0.2) is 0 Å². The molecule has 8 heteroatoms. The Balaban J connectivity index is 1.42. The third kappa shape index (κ3) is 3.23. The maximum atomic E-state index is 13.7. The van der Waals surface area contributed by atoms with E-state index in [1.165, 1.54) is 0 Å². The van der Waals surface area contributed by atoms with Crippen molar-refractivity contribution in [1.29, 1.82) is 0 Å². The topological polar surface area (TPSA) is 91.9 Å². The molecule has 1 N–H and O–H groups in total. The third-order valence-corrected chi connectivity index (χ3v) is 7.72. The van der Waals surface area contributed by atoms with Crippen LogP contribution in [0.1, 0.15) is 46.9 Å². The molecule has 0 radical (unpaired) electrons. The summed E-state index contributed by atoms with van der Waals surface area (Å²) in [6.07, 6.45) is 2.79. The summed E-state index contributed by atoms with van der Waals surface area (Å²) in [5.74, 6) is 0.00282. The van der Waals surface area contributed by atoms with Gasteiger partial charge in [-0.25, -0.2) is 0 Å². The van der Waals surface area contributed by atoms with Crippen LogP contribution < -0.4 is 9.47 Å². The number of H-pyrrole nitrogens is 1. The number of hydrogen-bond donors (Lipinski definition) is 1. The molecule has 1 aromatic heterocycles. The van der Waals surface area contributed by atoms with E-state index < -0.39 is 17.7 Å². The van der Waals surface area contributed by atoms with Crippen LogP contribution in [0.3, 0.4) is 0 Å². The Morgan fingerprint density at radius 2 is 1.89 bits per heavy atom. The molecule has 35 heavy (non-hydrogen) atoms. The van der Waals surface area contributed by atoms with Crippen LogP contribution in [-0.4, -0.2) is 65.2 Å². The quantitative estimate of drug-likeness (QED) is 0.464. The van der Waals surface area contributed by atoms with Crippen LogP contribution in [0, 0.1) is 0 Å². The van der Waals surface area contributed by atoms with Crippen molar-refractivity contribution in [3.8, 4) is 11.5 Å². The van der Waals surface area contributed by atoms with Gasteiger partial charge in [0.25, 0.3) is 11.7 Å². The molecule has 1 unspecified atom stereocenters. The second-order valence-corrected chi connectivity index (χ2v) is 9.45. The molecule has 3 aromatic rings. The molecule has 0 saturated carbocycles. The first-order valence-corrected chi connectivity index (χ1v) is 12.0. The SMILES string of the molecule is COc1cc2c(c(OC)c1)C1[C@H]3CCC[C@@H](C(=O)N1CC2)N3C(=O)C(=O)c1cc2ccccc2[nH]1. The van der Waals surface area contributed by atoms with Gasteiger partial charge in [-0.05, 0) is 49.4 Å². The van der Waals surface area contributed by atoms with E-state index in [1.54, 1.807) is 25.2 Å². The molecule has 6 rings (SSSR count).